The van der Waals surface area contributed by atoms with Crippen molar-refractivity contribution in [3.8, 4) is 11.3 Å². The Morgan fingerprint density at radius 3 is 2.50 bits per heavy atom. The molecule has 7 nitrogen and oxygen atoms in total. The van der Waals surface area contributed by atoms with Crippen LogP contribution in [-0.2, 0) is 7.05 Å². The molecule has 0 spiro atoms. The fourth-order valence-corrected chi connectivity index (χ4v) is 3.71. The largest absolute Gasteiger partial charge is 0.268 e. The summed E-state index contributed by atoms with van der Waals surface area (Å²) in [5.41, 5.74) is 2.75. The molecule has 4 heterocycles. The number of carbonyl (C=O) groups is 2. The first-order chi connectivity index (χ1) is 13.6. The lowest BCUT2D eigenvalue weighted by Gasteiger charge is -2.15. The fourth-order valence-electron chi connectivity index (χ4n) is 3.49. The van der Waals surface area contributed by atoms with Crippen LogP contribution >= 0.6 is 11.6 Å². The lowest BCUT2D eigenvalue weighted by atomic mass is 10.0. The van der Waals surface area contributed by atoms with Gasteiger partial charge in [-0.3, -0.25) is 14.6 Å². The topological polar surface area (TPSA) is 81.0 Å². The van der Waals surface area contributed by atoms with Gasteiger partial charge in [-0.1, -0.05) is 23.7 Å². The Morgan fingerprint density at radius 1 is 1.00 bits per heavy atom. The number of rotatable bonds is 2. The summed E-state index contributed by atoms with van der Waals surface area (Å²) in [5, 5.41) is 5.39. The lowest BCUT2D eigenvalue weighted by Crippen LogP contribution is -2.29. The van der Waals surface area contributed by atoms with Crippen molar-refractivity contribution >= 4 is 40.1 Å². The van der Waals surface area contributed by atoms with E-state index in [9.17, 15) is 9.59 Å². The zero-order valence-corrected chi connectivity index (χ0v) is 15.4. The van der Waals surface area contributed by atoms with Gasteiger partial charge >= 0.3 is 0 Å². The molecule has 0 saturated heterocycles. The van der Waals surface area contributed by atoms with Crippen molar-refractivity contribution < 1.29 is 9.59 Å². The number of aromatic nitrogens is 4. The minimum Gasteiger partial charge on any atom is -0.268 e. The first-order valence-corrected chi connectivity index (χ1v) is 8.85. The SMILES string of the molecule is Cn1nc(-c2ccncc2)c2c3c(cnc21)C(=O)N(c1ccccc1Cl)C3=O. The number of anilines is 1. The van der Waals surface area contributed by atoms with E-state index in [1.165, 1.54) is 6.20 Å². The highest BCUT2D eigenvalue weighted by Gasteiger charge is 2.40. The summed E-state index contributed by atoms with van der Waals surface area (Å²) in [6.45, 7) is 0. The van der Waals surface area contributed by atoms with Crippen molar-refractivity contribution in [3.05, 3.63) is 71.1 Å². The molecular weight excluding hydrogens is 378 g/mol. The van der Waals surface area contributed by atoms with E-state index >= 15 is 0 Å². The van der Waals surface area contributed by atoms with Gasteiger partial charge in [-0.15, -0.1) is 0 Å². The normalized spacial score (nSPS) is 13.4. The number of amides is 2. The highest BCUT2D eigenvalue weighted by Crippen LogP contribution is 2.38. The van der Waals surface area contributed by atoms with E-state index < -0.39 is 11.8 Å². The van der Waals surface area contributed by atoms with Crippen LogP contribution in [0.25, 0.3) is 22.3 Å². The van der Waals surface area contributed by atoms with Crippen LogP contribution in [0.15, 0.2) is 55.0 Å². The van der Waals surface area contributed by atoms with Gasteiger partial charge in [0.1, 0.15) is 5.69 Å². The zero-order chi connectivity index (χ0) is 19.4. The number of benzene rings is 1. The van der Waals surface area contributed by atoms with Gasteiger partial charge in [-0.25, -0.2) is 14.6 Å². The second-order valence-corrected chi connectivity index (χ2v) is 6.76. The highest BCUT2D eigenvalue weighted by atomic mass is 35.5. The number of hydrogen-bond donors (Lipinski definition) is 0. The number of fused-ring (bicyclic) bond motifs is 3. The van der Waals surface area contributed by atoms with Crippen LogP contribution in [0.4, 0.5) is 5.69 Å². The van der Waals surface area contributed by atoms with E-state index in [4.69, 9.17) is 11.6 Å². The minimum atomic E-state index is -0.452. The lowest BCUT2D eigenvalue weighted by molar-refractivity contribution is 0.0926. The Balaban J connectivity index is 1.80. The maximum atomic E-state index is 13.3. The fraction of sp³-hybridized carbons (Fsp3) is 0.0500. The predicted molar refractivity (Wildman–Crippen MR) is 104 cm³/mol. The van der Waals surface area contributed by atoms with Crippen LogP contribution in [-0.4, -0.2) is 31.6 Å². The Bertz CT molecular complexity index is 1280. The van der Waals surface area contributed by atoms with E-state index in [1.807, 2.05) is 0 Å². The Labute approximate surface area is 164 Å². The van der Waals surface area contributed by atoms with Crippen molar-refractivity contribution in [3.63, 3.8) is 0 Å². The van der Waals surface area contributed by atoms with Crippen LogP contribution in [0.1, 0.15) is 20.7 Å². The summed E-state index contributed by atoms with van der Waals surface area (Å²) in [4.78, 5) is 35.9. The van der Waals surface area contributed by atoms with Gasteiger partial charge in [0, 0.05) is 31.2 Å². The van der Waals surface area contributed by atoms with Crippen LogP contribution in [0.2, 0.25) is 5.02 Å². The Hall–Kier alpha value is -3.58. The van der Waals surface area contributed by atoms with Crippen LogP contribution in [0, 0.1) is 0 Å². The van der Waals surface area contributed by atoms with Crippen molar-refractivity contribution in [2.75, 3.05) is 4.90 Å². The second kappa shape index (κ2) is 5.97. The number of nitrogens with zero attached hydrogens (tertiary/aromatic N) is 5. The quantitative estimate of drug-likeness (QED) is 0.490. The van der Waals surface area contributed by atoms with Crippen molar-refractivity contribution in [1.82, 2.24) is 19.7 Å². The number of carbonyl (C=O) groups excluding carboxylic acids is 2. The molecular formula is C20H12ClN5O2. The molecule has 0 aliphatic carbocycles. The van der Waals surface area contributed by atoms with Crippen molar-refractivity contribution in [2.24, 2.45) is 7.05 Å². The number of para-hydroxylation sites is 1. The maximum absolute atomic E-state index is 13.3. The van der Waals surface area contributed by atoms with Crippen LogP contribution < -0.4 is 4.90 Å². The number of aryl methyl sites for hydroxylation is 1. The van der Waals surface area contributed by atoms with Gasteiger partial charge in [0.05, 0.1) is 27.2 Å². The van der Waals surface area contributed by atoms with E-state index in [0.717, 1.165) is 10.5 Å². The average Bonchev–Trinajstić information content (AvgIpc) is 3.18. The second-order valence-electron chi connectivity index (χ2n) is 6.35. The number of imide groups is 1. The van der Waals surface area contributed by atoms with Gasteiger partial charge in [-0.2, -0.15) is 5.10 Å². The first-order valence-electron chi connectivity index (χ1n) is 8.47. The molecule has 0 radical (unpaired) electrons. The standard InChI is InChI=1S/C20H12ClN5O2/c1-25-18-16(17(24-25)11-6-8-22-9-7-11)15-12(10-23-18)19(27)26(20(15)28)14-5-3-2-4-13(14)21/h2-10H,1H3. The molecule has 0 unspecified atom stereocenters. The summed E-state index contributed by atoms with van der Waals surface area (Å²) in [5.74, 6) is -0.893. The molecule has 1 aliphatic heterocycles. The molecule has 5 rings (SSSR count). The molecule has 1 aromatic carbocycles. The Kier molecular flexibility index (Phi) is 3.53. The molecule has 4 aromatic rings. The third-order valence-electron chi connectivity index (χ3n) is 4.75. The number of halogens is 1. The molecule has 0 N–H and O–H groups in total. The maximum Gasteiger partial charge on any atom is 0.267 e. The van der Waals surface area contributed by atoms with E-state index in [-0.39, 0.29) is 11.1 Å². The summed E-state index contributed by atoms with van der Waals surface area (Å²) < 4.78 is 1.60. The summed E-state index contributed by atoms with van der Waals surface area (Å²) in [6.07, 6.45) is 4.72. The third-order valence-corrected chi connectivity index (χ3v) is 5.07. The predicted octanol–water partition coefficient (Wildman–Crippen LogP) is 3.48. The van der Waals surface area contributed by atoms with Crippen LogP contribution in [0.3, 0.4) is 0 Å². The smallest absolute Gasteiger partial charge is 0.267 e. The number of hydrogen-bond acceptors (Lipinski definition) is 5. The van der Waals surface area contributed by atoms with Crippen LogP contribution in [0.5, 0.6) is 0 Å². The monoisotopic (exact) mass is 389 g/mol. The summed E-state index contributed by atoms with van der Waals surface area (Å²) in [6, 6.07) is 10.3. The summed E-state index contributed by atoms with van der Waals surface area (Å²) in [7, 11) is 1.75. The van der Waals surface area contributed by atoms with Gasteiger partial charge in [0.15, 0.2) is 5.65 Å². The number of pyridine rings is 2. The van der Waals surface area contributed by atoms with Crippen molar-refractivity contribution in [1.29, 1.82) is 0 Å². The molecule has 1 aliphatic rings. The highest BCUT2D eigenvalue weighted by molar-refractivity contribution is 6.41. The molecule has 136 valence electrons. The molecule has 3 aromatic heterocycles. The third kappa shape index (κ3) is 2.20. The molecule has 8 heteroatoms. The minimum absolute atomic E-state index is 0.237. The summed E-state index contributed by atoms with van der Waals surface area (Å²) >= 11 is 6.24. The molecule has 28 heavy (non-hydrogen) atoms. The van der Waals surface area contributed by atoms with Gasteiger partial charge in [0.25, 0.3) is 11.8 Å². The zero-order valence-electron chi connectivity index (χ0n) is 14.6. The van der Waals surface area contributed by atoms with E-state index in [2.05, 4.69) is 15.1 Å². The van der Waals surface area contributed by atoms with E-state index in [1.54, 1.807) is 60.5 Å². The average molecular weight is 390 g/mol. The van der Waals surface area contributed by atoms with E-state index in [0.29, 0.717) is 27.4 Å². The van der Waals surface area contributed by atoms with Gasteiger partial charge in [-0.05, 0) is 24.3 Å². The molecule has 0 atom stereocenters. The molecule has 0 fully saturated rings. The first kappa shape index (κ1) is 16.6. The Morgan fingerprint density at radius 2 is 1.75 bits per heavy atom. The van der Waals surface area contributed by atoms with Gasteiger partial charge < -0.3 is 0 Å². The molecule has 2 amide bonds. The molecule has 0 saturated carbocycles. The van der Waals surface area contributed by atoms with Crippen molar-refractivity contribution in [2.45, 2.75) is 0 Å². The molecule has 0 bridgehead atoms. The van der Waals surface area contributed by atoms with Gasteiger partial charge in [0.2, 0.25) is 0 Å².